The van der Waals surface area contributed by atoms with E-state index in [0.717, 1.165) is 12.8 Å². The number of fused-ring (bicyclic) bond motifs is 6. The Balaban J connectivity index is 0.000000167. The van der Waals surface area contributed by atoms with E-state index in [4.69, 9.17) is 29.8 Å². The first-order valence-electron chi connectivity index (χ1n) is 17.5. The van der Waals surface area contributed by atoms with Crippen molar-refractivity contribution in [2.75, 3.05) is 24.7 Å². The molecule has 0 bridgehead atoms. The SMILES string of the molecule is CCCC(C(=O)OCC)n1cc2c(nc(N)n3nc(-c4ccco4)nc23)n1.CCCC(C(=O)OCC)n1ncc2c1nc(N)n1nc(-c3ccco3)nc21. The highest BCUT2D eigenvalue weighted by Gasteiger charge is 2.27. The molecule has 20 heteroatoms. The number of nitrogens with two attached hydrogens (primary N) is 2. The molecule has 0 aliphatic rings. The van der Waals surface area contributed by atoms with Crippen molar-refractivity contribution in [1.29, 1.82) is 0 Å². The molecule has 0 fully saturated rings. The molecule has 20 nitrogen and oxygen atoms in total. The number of nitrogens with zero attached hydrogens (tertiary/aromatic N) is 12. The second kappa shape index (κ2) is 15.0. The number of carbonyl (C=O) groups excluding carboxylic acids is 2. The highest BCUT2D eigenvalue weighted by molar-refractivity contribution is 5.92. The van der Waals surface area contributed by atoms with Gasteiger partial charge in [-0.15, -0.1) is 10.2 Å². The molecule has 8 rings (SSSR count). The van der Waals surface area contributed by atoms with E-state index >= 15 is 0 Å². The lowest BCUT2D eigenvalue weighted by molar-refractivity contribution is -0.148. The van der Waals surface area contributed by atoms with Gasteiger partial charge in [-0.2, -0.15) is 29.2 Å². The predicted molar refractivity (Wildman–Crippen MR) is 194 cm³/mol. The topological polar surface area (TPSA) is 253 Å². The van der Waals surface area contributed by atoms with E-state index in [9.17, 15) is 9.59 Å². The van der Waals surface area contributed by atoms with Gasteiger partial charge in [0.15, 0.2) is 40.2 Å². The van der Waals surface area contributed by atoms with Crippen LogP contribution >= 0.6 is 0 Å². The normalized spacial score (nSPS) is 12.7. The van der Waals surface area contributed by atoms with Gasteiger partial charge in [0.25, 0.3) is 0 Å². The zero-order valence-corrected chi connectivity index (χ0v) is 30.0. The Morgan fingerprint density at radius 1 is 0.722 bits per heavy atom. The van der Waals surface area contributed by atoms with Gasteiger partial charge in [-0.25, -0.2) is 24.2 Å². The minimum atomic E-state index is -0.575. The number of anilines is 2. The van der Waals surface area contributed by atoms with Crippen molar-refractivity contribution in [3.63, 3.8) is 0 Å². The van der Waals surface area contributed by atoms with Crippen LogP contribution in [0.3, 0.4) is 0 Å². The molecule has 0 saturated heterocycles. The molecule has 0 amide bonds. The van der Waals surface area contributed by atoms with E-state index in [1.807, 2.05) is 13.8 Å². The lowest BCUT2D eigenvalue weighted by Crippen LogP contribution is -2.23. The third-order valence-corrected chi connectivity index (χ3v) is 8.39. The summed E-state index contributed by atoms with van der Waals surface area (Å²) in [6.07, 6.45) is 9.20. The lowest BCUT2D eigenvalue weighted by Gasteiger charge is -2.15. The van der Waals surface area contributed by atoms with Crippen molar-refractivity contribution in [3.8, 4) is 23.2 Å². The molecule has 4 N–H and O–H groups in total. The van der Waals surface area contributed by atoms with Crippen molar-refractivity contribution in [1.82, 2.24) is 58.7 Å². The van der Waals surface area contributed by atoms with Gasteiger partial charge in [0.1, 0.15) is 6.04 Å². The molecular weight excluding hydrogens is 700 g/mol. The number of furan rings is 2. The van der Waals surface area contributed by atoms with Crippen molar-refractivity contribution in [2.24, 2.45) is 0 Å². The van der Waals surface area contributed by atoms with Crippen LogP contribution in [0.15, 0.2) is 58.0 Å². The van der Waals surface area contributed by atoms with E-state index in [1.54, 1.807) is 72.4 Å². The molecule has 0 aliphatic carbocycles. The number of hydrogen-bond acceptors (Lipinski definition) is 16. The number of hydrogen-bond donors (Lipinski definition) is 2. The molecule has 0 saturated carbocycles. The summed E-state index contributed by atoms with van der Waals surface area (Å²) in [6.45, 7) is 8.15. The number of esters is 2. The zero-order valence-electron chi connectivity index (χ0n) is 30.0. The summed E-state index contributed by atoms with van der Waals surface area (Å²) in [5.41, 5.74) is 14.0. The number of rotatable bonds is 12. The summed E-state index contributed by atoms with van der Waals surface area (Å²) in [6, 6.07) is 5.93. The van der Waals surface area contributed by atoms with Crippen LogP contribution in [0.4, 0.5) is 11.9 Å². The Hall–Kier alpha value is -6.86. The van der Waals surface area contributed by atoms with Crippen LogP contribution in [0.5, 0.6) is 0 Å². The van der Waals surface area contributed by atoms with Gasteiger partial charge in [0.05, 0.1) is 42.7 Å². The van der Waals surface area contributed by atoms with Crippen molar-refractivity contribution >= 4 is 57.2 Å². The fourth-order valence-electron chi connectivity index (χ4n) is 5.98. The fraction of sp³-hybridized carbons (Fsp3) is 0.353. The third-order valence-electron chi connectivity index (χ3n) is 8.39. The van der Waals surface area contributed by atoms with E-state index in [-0.39, 0.29) is 23.8 Å². The van der Waals surface area contributed by atoms with Crippen LogP contribution < -0.4 is 11.5 Å². The highest BCUT2D eigenvalue weighted by atomic mass is 16.5. The Bertz CT molecular complexity index is 2470. The van der Waals surface area contributed by atoms with Crippen molar-refractivity contribution in [3.05, 3.63) is 49.2 Å². The first kappa shape index (κ1) is 35.5. The molecule has 2 unspecified atom stereocenters. The fourth-order valence-corrected chi connectivity index (χ4v) is 5.98. The summed E-state index contributed by atoms with van der Waals surface area (Å²) < 4.78 is 27.1. The smallest absolute Gasteiger partial charge is 0.331 e. The second-order valence-electron chi connectivity index (χ2n) is 12.0. The first-order chi connectivity index (χ1) is 26.3. The number of aromatic nitrogens is 12. The average molecular weight is 739 g/mol. The number of nitrogen functional groups attached to an aromatic ring is 2. The molecular formula is C34H38N14O6. The molecule has 8 aromatic rings. The highest BCUT2D eigenvalue weighted by Crippen LogP contribution is 2.28. The Kier molecular flexibility index (Phi) is 9.88. The maximum Gasteiger partial charge on any atom is 0.331 e. The van der Waals surface area contributed by atoms with E-state index in [0.29, 0.717) is 82.6 Å². The van der Waals surface area contributed by atoms with Crippen LogP contribution in [0, 0.1) is 0 Å². The van der Waals surface area contributed by atoms with E-state index in [1.165, 1.54) is 9.03 Å². The van der Waals surface area contributed by atoms with Crippen LogP contribution in [0.25, 0.3) is 56.5 Å². The number of carbonyl (C=O) groups is 2. The Morgan fingerprint density at radius 2 is 1.28 bits per heavy atom. The molecule has 54 heavy (non-hydrogen) atoms. The van der Waals surface area contributed by atoms with Crippen LogP contribution in [-0.2, 0) is 19.1 Å². The summed E-state index contributed by atoms with van der Waals surface area (Å²) in [5.74, 6) is 1.45. The van der Waals surface area contributed by atoms with Gasteiger partial charge in [-0.3, -0.25) is 4.68 Å². The number of ether oxygens (including phenoxy) is 2. The van der Waals surface area contributed by atoms with E-state index < -0.39 is 12.1 Å². The van der Waals surface area contributed by atoms with Gasteiger partial charge in [-0.1, -0.05) is 26.7 Å². The van der Waals surface area contributed by atoms with Gasteiger partial charge >= 0.3 is 11.9 Å². The summed E-state index contributed by atoms with van der Waals surface area (Å²) in [7, 11) is 0. The molecule has 8 aromatic heterocycles. The minimum absolute atomic E-state index is 0.142. The maximum atomic E-state index is 12.4. The lowest BCUT2D eigenvalue weighted by atomic mass is 10.2. The van der Waals surface area contributed by atoms with Gasteiger partial charge in [-0.05, 0) is 51.0 Å². The molecule has 0 aliphatic heterocycles. The molecule has 2 atom stereocenters. The van der Waals surface area contributed by atoms with Gasteiger partial charge in [0, 0.05) is 6.20 Å². The van der Waals surface area contributed by atoms with E-state index in [2.05, 4.69) is 40.3 Å². The standard InChI is InChI=1S/2C17H19N7O3/c1-3-6-11(16(25)26-4-2)23-15-10(9-19-23)14-20-13(12-7-5-8-27-12)22-24(14)17(18)21-15;1-3-6-11(16(25)26-4-2)23-9-10-13(21-23)20-17(18)24-15(10)19-14(22-24)12-7-5-8-27-12/h5,7-9,11H,3-4,6H2,1-2H3,(H2,18,21);5,7-9,11H,3-4,6H2,1-2H3,(H2,18,20,21). The molecule has 0 radical (unpaired) electrons. The largest absolute Gasteiger partial charge is 0.464 e. The minimum Gasteiger partial charge on any atom is -0.464 e. The molecule has 0 spiro atoms. The van der Waals surface area contributed by atoms with Crippen LogP contribution in [0.1, 0.15) is 65.5 Å². The average Bonchev–Trinajstić information content (AvgIpc) is 4.00. The molecule has 280 valence electrons. The summed E-state index contributed by atoms with van der Waals surface area (Å²) >= 11 is 0. The Morgan fingerprint density at radius 3 is 1.83 bits per heavy atom. The molecule has 8 heterocycles. The van der Waals surface area contributed by atoms with Crippen molar-refractivity contribution < 1.29 is 27.9 Å². The van der Waals surface area contributed by atoms with Gasteiger partial charge < -0.3 is 29.8 Å². The second-order valence-corrected chi connectivity index (χ2v) is 12.0. The first-order valence-corrected chi connectivity index (χ1v) is 17.5. The van der Waals surface area contributed by atoms with Crippen molar-refractivity contribution in [2.45, 2.75) is 65.5 Å². The summed E-state index contributed by atoms with van der Waals surface area (Å²) in [4.78, 5) is 42.4. The summed E-state index contributed by atoms with van der Waals surface area (Å²) in [5, 5.41) is 18.8. The quantitative estimate of drug-likeness (QED) is 0.164. The monoisotopic (exact) mass is 738 g/mol. The van der Waals surface area contributed by atoms with Crippen LogP contribution in [-0.4, -0.2) is 83.9 Å². The predicted octanol–water partition coefficient (Wildman–Crippen LogP) is 4.44. The maximum absolute atomic E-state index is 12.4. The molecule has 0 aromatic carbocycles. The Labute approximate surface area is 306 Å². The van der Waals surface area contributed by atoms with Gasteiger partial charge in [0.2, 0.25) is 23.5 Å². The zero-order chi connectivity index (χ0) is 37.9. The third kappa shape index (κ3) is 6.52. The van der Waals surface area contributed by atoms with Crippen LogP contribution in [0.2, 0.25) is 0 Å².